The maximum Gasteiger partial charge on any atom is 0.274 e. The van der Waals surface area contributed by atoms with E-state index >= 15 is 0 Å². The first-order chi connectivity index (χ1) is 16.4. The highest BCUT2D eigenvalue weighted by molar-refractivity contribution is 7.16. The van der Waals surface area contributed by atoms with Crippen LogP contribution < -0.4 is 15.6 Å². The Hall–Kier alpha value is -3.43. The summed E-state index contributed by atoms with van der Waals surface area (Å²) in [6.45, 7) is 7.26. The molecule has 0 unspecified atom stereocenters. The number of amides is 1. The molecule has 35 heavy (non-hydrogen) atoms. The zero-order valence-corrected chi connectivity index (χ0v) is 21.3. The lowest BCUT2D eigenvalue weighted by Crippen LogP contribution is -2.19. The number of aromatic nitrogens is 2. The number of aromatic amines is 1. The van der Waals surface area contributed by atoms with E-state index in [0.29, 0.717) is 32.0 Å². The fraction of sp³-hybridized carbons (Fsp3) is 0.308. The minimum atomic E-state index is -1.12. The van der Waals surface area contributed by atoms with Crippen LogP contribution in [-0.4, -0.2) is 27.6 Å². The second-order valence-electron chi connectivity index (χ2n) is 9.18. The lowest BCUT2D eigenvalue weighted by atomic mass is 10.0. The topological polar surface area (TPSA) is 96.3 Å². The predicted molar refractivity (Wildman–Crippen MR) is 136 cm³/mol. The average molecular weight is 498 g/mol. The number of rotatable bonds is 6. The lowest BCUT2D eigenvalue weighted by molar-refractivity contribution is 0.0823. The van der Waals surface area contributed by atoms with Crippen molar-refractivity contribution in [2.75, 3.05) is 7.05 Å². The second kappa shape index (κ2) is 8.98. The maximum atomic E-state index is 13.8. The number of nitrogens with zero attached hydrogens (tertiary/aromatic N) is 1. The van der Waals surface area contributed by atoms with Crippen molar-refractivity contribution >= 4 is 28.1 Å². The van der Waals surface area contributed by atoms with E-state index in [1.165, 1.54) is 35.1 Å². The molecule has 0 spiro atoms. The zero-order chi connectivity index (χ0) is 25.7. The van der Waals surface area contributed by atoms with Crippen molar-refractivity contribution < 1.29 is 19.0 Å². The summed E-state index contributed by atoms with van der Waals surface area (Å²) in [4.78, 5) is 29.4. The third kappa shape index (κ3) is 4.61. The van der Waals surface area contributed by atoms with Crippen molar-refractivity contribution in [3.63, 3.8) is 0 Å². The smallest absolute Gasteiger partial charge is 0.274 e. The van der Waals surface area contributed by atoms with Crippen molar-refractivity contribution in [1.29, 1.82) is 0 Å². The van der Waals surface area contributed by atoms with Gasteiger partial charge in [-0.15, -0.1) is 11.3 Å². The highest BCUT2D eigenvalue weighted by Gasteiger charge is 2.26. The molecule has 0 fully saturated rings. The zero-order valence-electron chi connectivity index (χ0n) is 20.5. The van der Waals surface area contributed by atoms with Crippen molar-refractivity contribution in [3.8, 4) is 16.2 Å². The molecule has 0 aliphatic carbocycles. The molecule has 0 atom stereocenters. The quantitative estimate of drug-likeness (QED) is 0.365. The first-order valence-corrected chi connectivity index (χ1v) is 11.9. The standard InChI is InChI=1S/C26H28FN3O4S/c1-13-7-15(27)8-14(2)18(13)12-34-20-10-21(26(3,4)33)35-23(20)17-11-30(6)25(32)22-16(17)9-19(29-22)24(31)28-5/h7-11,29,33H,12H2,1-6H3,(H,28,31). The van der Waals surface area contributed by atoms with Crippen LogP contribution in [0.2, 0.25) is 0 Å². The van der Waals surface area contributed by atoms with Gasteiger partial charge in [0.2, 0.25) is 0 Å². The molecule has 4 rings (SSSR count). The fourth-order valence-electron chi connectivity index (χ4n) is 4.06. The summed E-state index contributed by atoms with van der Waals surface area (Å²) in [6, 6.07) is 6.38. The molecular weight excluding hydrogens is 469 g/mol. The Kier molecular flexibility index (Phi) is 6.33. The van der Waals surface area contributed by atoms with Gasteiger partial charge in [0.15, 0.2) is 0 Å². The van der Waals surface area contributed by atoms with E-state index < -0.39 is 5.60 Å². The Morgan fingerprint density at radius 2 is 1.89 bits per heavy atom. The van der Waals surface area contributed by atoms with E-state index in [-0.39, 0.29) is 29.6 Å². The number of halogens is 1. The van der Waals surface area contributed by atoms with Crippen molar-refractivity contribution in [3.05, 3.63) is 73.9 Å². The number of H-pyrrole nitrogens is 1. The van der Waals surface area contributed by atoms with Crippen LogP contribution in [0.5, 0.6) is 5.75 Å². The van der Waals surface area contributed by atoms with E-state index in [1.54, 1.807) is 39.2 Å². The Balaban J connectivity index is 1.88. The highest BCUT2D eigenvalue weighted by Crippen LogP contribution is 2.44. The van der Waals surface area contributed by atoms with Gasteiger partial charge in [0, 0.05) is 36.1 Å². The van der Waals surface area contributed by atoms with Gasteiger partial charge in [0.25, 0.3) is 11.5 Å². The van der Waals surface area contributed by atoms with Crippen LogP contribution in [-0.2, 0) is 19.3 Å². The molecule has 9 heteroatoms. The number of ether oxygens (including phenoxy) is 1. The van der Waals surface area contributed by atoms with Gasteiger partial charge < -0.3 is 24.7 Å². The van der Waals surface area contributed by atoms with Gasteiger partial charge in [-0.05, 0) is 68.7 Å². The van der Waals surface area contributed by atoms with Crippen LogP contribution in [0, 0.1) is 19.7 Å². The predicted octanol–water partition coefficient (Wildman–Crippen LogP) is 4.52. The van der Waals surface area contributed by atoms with Crippen LogP contribution in [0.25, 0.3) is 21.3 Å². The first kappa shape index (κ1) is 24.7. The molecule has 0 bridgehead atoms. The van der Waals surface area contributed by atoms with E-state index in [0.717, 1.165) is 16.7 Å². The van der Waals surface area contributed by atoms with Gasteiger partial charge in [-0.3, -0.25) is 9.59 Å². The Bertz CT molecular complexity index is 1480. The summed E-state index contributed by atoms with van der Waals surface area (Å²) >= 11 is 1.35. The number of nitrogens with one attached hydrogen (secondary N) is 2. The van der Waals surface area contributed by atoms with Crippen LogP contribution in [0.4, 0.5) is 4.39 Å². The van der Waals surface area contributed by atoms with Gasteiger partial charge >= 0.3 is 0 Å². The van der Waals surface area contributed by atoms with E-state index in [9.17, 15) is 19.1 Å². The molecule has 1 amide bonds. The number of aliphatic hydroxyl groups is 1. The molecule has 3 aromatic heterocycles. The monoisotopic (exact) mass is 497 g/mol. The number of pyridine rings is 1. The number of hydrogen-bond donors (Lipinski definition) is 3. The molecule has 0 aliphatic heterocycles. The number of carbonyl (C=O) groups is 1. The summed E-state index contributed by atoms with van der Waals surface area (Å²) in [5.74, 6) is -0.106. The molecule has 0 saturated heterocycles. The maximum absolute atomic E-state index is 13.8. The van der Waals surface area contributed by atoms with Crippen molar-refractivity contribution in [2.45, 2.75) is 39.9 Å². The van der Waals surface area contributed by atoms with E-state index in [1.807, 2.05) is 13.8 Å². The first-order valence-electron chi connectivity index (χ1n) is 11.1. The number of carbonyl (C=O) groups excluding carboxylic acids is 1. The Morgan fingerprint density at radius 3 is 2.49 bits per heavy atom. The number of hydrogen-bond acceptors (Lipinski definition) is 5. The van der Waals surface area contributed by atoms with Crippen LogP contribution in [0.1, 0.15) is 45.9 Å². The summed E-state index contributed by atoms with van der Waals surface area (Å²) in [6.07, 6.45) is 1.70. The third-order valence-electron chi connectivity index (χ3n) is 6.01. The van der Waals surface area contributed by atoms with Crippen molar-refractivity contribution in [1.82, 2.24) is 14.9 Å². The van der Waals surface area contributed by atoms with Crippen LogP contribution in [0.15, 0.2) is 35.3 Å². The number of fused-ring (bicyclic) bond motifs is 1. The minimum absolute atomic E-state index is 0.207. The normalized spacial score (nSPS) is 11.8. The number of benzene rings is 1. The molecule has 0 saturated carbocycles. The van der Waals surface area contributed by atoms with Gasteiger partial charge in [0.1, 0.15) is 29.4 Å². The Morgan fingerprint density at radius 1 is 1.23 bits per heavy atom. The molecule has 184 valence electrons. The highest BCUT2D eigenvalue weighted by atomic mass is 32.1. The van der Waals surface area contributed by atoms with E-state index in [2.05, 4.69) is 10.3 Å². The van der Waals surface area contributed by atoms with Gasteiger partial charge in [-0.2, -0.15) is 0 Å². The molecule has 4 aromatic rings. The van der Waals surface area contributed by atoms with Crippen LogP contribution in [0.3, 0.4) is 0 Å². The van der Waals surface area contributed by atoms with Crippen LogP contribution >= 0.6 is 11.3 Å². The molecule has 0 aliphatic rings. The lowest BCUT2D eigenvalue weighted by Gasteiger charge is -2.14. The molecule has 1 aromatic carbocycles. The van der Waals surface area contributed by atoms with Gasteiger partial charge in [0.05, 0.1) is 10.5 Å². The molecule has 0 radical (unpaired) electrons. The fourth-order valence-corrected chi connectivity index (χ4v) is 5.19. The van der Waals surface area contributed by atoms with E-state index in [4.69, 9.17) is 4.74 Å². The minimum Gasteiger partial charge on any atom is -0.487 e. The van der Waals surface area contributed by atoms with Gasteiger partial charge in [-0.1, -0.05) is 0 Å². The molecule has 3 N–H and O–H groups in total. The summed E-state index contributed by atoms with van der Waals surface area (Å²) in [5.41, 5.74) is 2.33. The Labute approximate surface area is 206 Å². The number of thiophene rings is 1. The SMILES string of the molecule is CNC(=O)c1cc2c(-c3sc(C(C)(C)O)cc3OCc3c(C)cc(F)cc3C)cn(C)c(=O)c2[nH]1. The summed E-state index contributed by atoms with van der Waals surface area (Å²) in [7, 11) is 3.16. The molecular formula is C26H28FN3O4S. The largest absolute Gasteiger partial charge is 0.487 e. The molecule has 3 heterocycles. The summed E-state index contributed by atoms with van der Waals surface area (Å²) < 4.78 is 21.5. The second-order valence-corrected chi connectivity index (χ2v) is 10.2. The summed E-state index contributed by atoms with van der Waals surface area (Å²) in [5, 5.41) is 13.8. The van der Waals surface area contributed by atoms with Gasteiger partial charge in [-0.25, -0.2) is 4.39 Å². The average Bonchev–Trinajstić information content (AvgIpc) is 3.40. The third-order valence-corrected chi connectivity index (χ3v) is 7.48. The number of aryl methyl sites for hydroxylation is 3. The van der Waals surface area contributed by atoms with Crippen molar-refractivity contribution in [2.24, 2.45) is 7.05 Å². The molecule has 7 nitrogen and oxygen atoms in total.